The van der Waals surface area contributed by atoms with Crippen molar-refractivity contribution in [2.24, 2.45) is 11.8 Å². The molecule has 55 heavy (non-hydrogen) atoms. The van der Waals surface area contributed by atoms with E-state index >= 15 is 0 Å². The standard InChI is InChI=1S/C38H60N10O7/c1-8-25(4)35(47-37(54)33(45-28(7)51)18-31-21-39-23-44-31)38(55)46-32(16-24(2)3)36(53)43-20-30-11-9-10-29(17-30)19-42-34(52)22-48(14-12-40-26(5)49)15-13-41-27(6)50/h9-11,17,21,23-25,32-33,35H,8,12-16,18-20,22H2,1-7H3,(H,39,44)(H,40,49)(H,41,50)(H,42,52)(H,43,53)(H,45,51)(H,46,55)(H,47,54)/t25?,32-,33-,35-/m0/s1. The molecule has 0 saturated carbocycles. The van der Waals surface area contributed by atoms with Crippen molar-refractivity contribution in [2.75, 3.05) is 32.7 Å². The summed E-state index contributed by atoms with van der Waals surface area (Å²) < 4.78 is 0. The van der Waals surface area contributed by atoms with Gasteiger partial charge in [-0.25, -0.2) is 4.98 Å². The molecule has 1 aromatic heterocycles. The topological polar surface area (TPSA) is 236 Å². The van der Waals surface area contributed by atoms with Gasteiger partial charge in [-0.2, -0.15) is 0 Å². The zero-order valence-electron chi connectivity index (χ0n) is 33.2. The average Bonchev–Trinajstić information content (AvgIpc) is 3.63. The van der Waals surface area contributed by atoms with Crippen LogP contribution in [0.2, 0.25) is 0 Å². The van der Waals surface area contributed by atoms with Gasteiger partial charge >= 0.3 is 0 Å². The lowest BCUT2D eigenvalue weighted by Gasteiger charge is -2.28. The first-order chi connectivity index (χ1) is 26.1. The number of carbonyl (C=O) groups is 7. The maximum absolute atomic E-state index is 13.7. The number of benzene rings is 1. The van der Waals surface area contributed by atoms with Gasteiger partial charge in [0.05, 0.1) is 12.9 Å². The van der Waals surface area contributed by atoms with Gasteiger partial charge in [-0.15, -0.1) is 0 Å². The summed E-state index contributed by atoms with van der Waals surface area (Å²) in [4.78, 5) is 96.7. The molecule has 0 spiro atoms. The molecule has 0 aliphatic heterocycles. The van der Waals surface area contributed by atoms with E-state index in [9.17, 15) is 33.6 Å². The van der Waals surface area contributed by atoms with E-state index in [1.807, 2.05) is 56.9 Å². The summed E-state index contributed by atoms with van der Waals surface area (Å²) in [6, 6.07) is 4.59. The van der Waals surface area contributed by atoms with E-state index < -0.39 is 35.8 Å². The molecule has 0 aliphatic rings. The predicted octanol–water partition coefficient (Wildman–Crippen LogP) is 0.0255. The molecule has 17 nitrogen and oxygen atoms in total. The summed E-state index contributed by atoms with van der Waals surface area (Å²) >= 11 is 0. The van der Waals surface area contributed by atoms with Crippen LogP contribution in [0.15, 0.2) is 36.8 Å². The summed E-state index contributed by atoms with van der Waals surface area (Å²) in [7, 11) is 0. The molecule has 2 aromatic rings. The minimum atomic E-state index is -0.966. The lowest BCUT2D eigenvalue weighted by Crippen LogP contribution is -2.58. The van der Waals surface area contributed by atoms with Gasteiger partial charge in [0.1, 0.15) is 18.1 Å². The number of H-pyrrole nitrogens is 1. The minimum Gasteiger partial charge on any atom is -0.355 e. The maximum atomic E-state index is 13.7. The Balaban J connectivity index is 2.04. The molecule has 1 heterocycles. The van der Waals surface area contributed by atoms with Crippen LogP contribution in [0.25, 0.3) is 0 Å². The Labute approximate surface area is 323 Å². The second-order valence-corrected chi connectivity index (χ2v) is 14.2. The van der Waals surface area contributed by atoms with E-state index in [2.05, 4.69) is 47.2 Å². The van der Waals surface area contributed by atoms with Crippen molar-refractivity contribution in [3.63, 3.8) is 0 Å². The molecule has 4 atom stereocenters. The van der Waals surface area contributed by atoms with Crippen molar-refractivity contribution < 1.29 is 33.6 Å². The first-order valence-corrected chi connectivity index (χ1v) is 18.8. The SMILES string of the molecule is CCC(C)[C@H](NC(=O)[C@H](Cc1cnc[nH]1)NC(C)=O)C(=O)N[C@@H](CC(C)C)C(=O)NCc1cccc(CNC(=O)CN(CCNC(C)=O)CCNC(C)=O)c1. The highest BCUT2D eigenvalue weighted by molar-refractivity contribution is 5.94. The number of aromatic nitrogens is 2. The molecule has 0 radical (unpaired) electrons. The van der Waals surface area contributed by atoms with Crippen LogP contribution in [0.4, 0.5) is 0 Å². The van der Waals surface area contributed by atoms with Crippen molar-refractivity contribution in [3.8, 4) is 0 Å². The van der Waals surface area contributed by atoms with Crippen LogP contribution in [0.5, 0.6) is 0 Å². The molecule has 17 heteroatoms. The van der Waals surface area contributed by atoms with E-state index in [0.29, 0.717) is 44.7 Å². The molecule has 0 saturated heterocycles. The number of nitrogens with zero attached hydrogens (tertiary/aromatic N) is 2. The van der Waals surface area contributed by atoms with E-state index in [1.165, 1.54) is 27.1 Å². The summed E-state index contributed by atoms with van der Waals surface area (Å²) in [6.07, 6.45) is 4.09. The molecule has 0 fully saturated rings. The number of imidazole rings is 1. The summed E-state index contributed by atoms with van der Waals surface area (Å²) in [6.45, 7) is 13.8. The number of hydrogen-bond donors (Lipinski definition) is 8. The Morgan fingerprint density at radius 1 is 0.745 bits per heavy atom. The second-order valence-electron chi connectivity index (χ2n) is 14.2. The third kappa shape index (κ3) is 18.5. The van der Waals surface area contributed by atoms with Gasteiger partial charge in [0.2, 0.25) is 41.4 Å². The molecule has 0 aliphatic carbocycles. The van der Waals surface area contributed by atoms with Crippen molar-refractivity contribution in [3.05, 3.63) is 53.6 Å². The number of carbonyl (C=O) groups excluding carboxylic acids is 7. The van der Waals surface area contributed by atoms with Gasteiger partial charge < -0.3 is 42.2 Å². The normalized spacial score (nSPS) is 13.2. The number of amides is 7. The van der Waals surface area contributed by atoms with Crippen LogP contribution in [-0.2, 0) is 53.1 Å². The number of rotatable bonds is 24. The molecule has 0 bridgehead atoms. The van der Waals surface area contributed by atoms with Crippen LogP contribution in [0, 0.1) is 11.8 Å². The Morgan fingerprint density at radius 3 is 1.89 bits per heavy atom. The van der Waals surface area contributed by atoms with E-state index in [-0.39, 0.29) is 61.5 Å². The Morgan fingerprint density at radius 2 is 1.36 bits per heavy atom. The van der Waals surface area contributed by atoms with Gasteiger partial charge in [0.15, 0.2) is 0 Å². The van der Waals surface area contributed by atoms with E-state index in [4.69, 9.17) is 0 Å². The fraction of sp³-hybridized carbons (Fsp3) is 0.579. The fourth-order valence-corrected chi connectivity index (χ4v) is 5.66. The smallest absolute Gasteiger partial charge is 0.243 e. The van der Waals surface area contributed by atoms with Crippen molar-refractivity contribution in [1.82, 2.24) is 52.1 Å². The highest BCUT2D eigenvalue weighted by Crippen LogP contribution is 2.13. The molecular formula is C38H60N10O7. The monoisotopic (exact) mass is 768 g/mol. The fourth-order valence-electron chi connectivity index (χ4n) is 5.66. The van der Waals surface area contributed by atoms with Crippen LogP contribution in [0.3, 0.4) is 0 Å². The largest absolute Gasteiger partial charge is 0.355 e. The molecule has 1 unspecified atom stereocenters. The van der Waals surface area contributed by atoms with Crippen LogP contribution < -0.4 is 37.2 Å². The van der Waals surface area contributed by atoms with Crippen LogP contribution in [0.1, 0.15) is 78.1 Å². The second kappa shape index (κ2) is 24.2. The highest BCUT2D eigenvalue weighted by Gasteiger charge is 2.32. The average molecular weight is 769 g/mol. The zero-order valence-corrected chi connectivity index (χ0v) is 33.2. The maximum Gasteiger partial charge on any atom is 0.243 e. The van der Waals surface area contributed by atoms with Crippen LogP contribution >= 0.6 is 0 Å². The predicted molar refractivity (Wildman–Crippen MR) is 207 cm³/mol. The van der Waals surface area contributed by atoms with Crippen LogP contribution in [-0.4, -0.2) is 107 Å². The molecule has 2 rings (SSSR count). The lowest BCUT2D eigenvalue weighted by molar-refractivity contribution is -0.134. The summed E-state index contributed by atoms with van der Waals surface area (Å²) in [5.74, 6) is -2.62. The Kier molecular flexibility index (Phi) is 20.1. The zero-order chi connectivity index (χ0) is 40.9. The quantitative estimate of drug-likeness (QED) is 0.0718. The molecule has 7 amide bonds. The van der Waals surface area contributed by atoms with Gasteiger partial charge in [0, 0.05) is 78.4 Å². The van der Waals surface area contributed by atoms with Gasteiger partial charge in [-0.05, 0) is 29.4 Å². The van der Waals surface area contributed by atoms with E-state index in [0.717, 1.165) is 11.1 Å². The number of aromatic amines is 1. The van der Waals surface area contributed by atoms with Crippen molar-refractivity contribution in [1.29, 1.82) is 0 Å². The van der Waals surface area contributed by atoms with Gasteiger partial charge in [-0.3, -0.25) is 38.5 Å². The Hall–Kier alpha value is -5.32. The van der Waals surface area contributed by atoms with E-state index in [1.54, 1.807) is 6.20 Å². The summed E-state index contributed by atoms with van der Waals surface area (Å²) in [5.41, 5.74) is 2.23. The third-order valence-electron chi connectivity index (χ3n) is 8.73. The first-order valence-electron chi connectivity index (χ1n) is 18.8. The molecule has 8 N–H and O–H groups in total. The number of hydrogen-bond acceptors (Lipinski definition) is 9. The van der Waals surface area contributed by atoms with Gasteiger partial charge in [-0.1, -0.05) is 58.4 Å². The lowest BCUT2D eigenvalue weighted by atomic mass is 9.96. The summed E-state index contributed by atoms with van der Waals surface area (Å²) in [5, 5.41) is 19.6. The van der Waals surface area contributed by atoms with Gasteiger partial charge in [0.25, 0.3) is 0 Å². The highest BCUT2D eigenvalue weighted by atomic mass is 16.2. The molecular weight excluding hydrogens is 708 g/mol. The minimum absolute atomic E-state index is 0.0601. The first kappa shape index (κ1) is 45.8. The third-order valence-corrected chi connectivity index (χ3v) is 8.73. The Bertz CT molecular complexity index is 1550. The molecule has 304 valence electrons. The van der Waals surface area contributed by atoms with Crippen molar-refractivity contribution >= 4 is 41.4 Å². The number of nitrogens with one attached hydrogen (secondary N) is 8. The molecule has 1 aromatic carbocycles. The van der Waals surface area contributed by atoms with Crippen molar-refractivity contribution in [2.45, 2.75) is 98.9 Å².